The van der Waals surface area contributed by atoms with Crippen LogP contribution in [0.3, 0.4) is 0 Å². The highest BCUT2D eigenvalue weighted by Gasteiger charge is 2.80. The lowest BCUT2D eigenvalue weighted by molar-refractivity contribution is -0.207. The predicted molar refractivity (Wildman–Crippen MR) is 138 cm³/mol. The number of hydrogen-bond donors (Lipinski definition) is 4. The topological polar surface area (TPSA) is 103 Å². The van der Waals surface area contributed by atoms with Gasteiger partial charge in [-0.1, -0.05) is 20.8 Å². The van der Waals surface area contributed by atoms with Gasteiger partial charge >= 0.3 is 0 Å². The van der Waals surface area contributed by atoms with E-state index in [2.05, 4.69) is 27.7 Å². The van der Waals surface area contributed by atoms with Crippen molar-refractivity contribution < 1.29 is 29.9 Å². The molecule has 4 N–H and O–H groups in total. The first-order chi connectivity index (χ1) is 16.3. The van der Waals surface area contributed by atoms with Gasteiger partial charge in [-0.05, 0) is 121 Å². The van der Waals surface area contributed by atoms with E-state index in [0.717, 1.165) is 38.5 Å². The molecule has 6 heteroatoms. The first-order valence-corrected chi connectivity index (χ1v) is 14.5. The standard InChI is InChI=1S/C30H52O6/c1-24(2)18-9-14-27(6,33)19(18)17-22(32)29(8)30(24,36-29)16-10-20-26(5)13-11-21(31)25(3,4)35-23(26)12-15-28(20,7)34/h18-23,31-34H,9-17H2,1-8H3. The van der Waals surface area contributed by atoms with Crippen molar-refractivity contribution in [3.05, 3.63) is 0 Å². The van der Waals surface area contributed by atoms with Crippen LogP contribution in [0.5, 0.6) is 0 Å². The van der Waals surface area contributed by atoms with Crippen LogP contribution in [0.4, 0.5) is 0 Å². The number of hydrogen-bond acceptors (Lipinski definition) is 6. The van der Waals surface area contributed by atoms with Crippen LogP contribution in [-0.2, 0) is 9.47 Å². The SMILES string of the molecule is CC1(O)CCC2C1CC(O)C1(C)OC1(CCC1C(C)(O)CCC3OC(C)(C)C(O)CCC31C)C2(C)C. The lowest BCUT2D eigenvalue weighted by Gasteiger charge is -2.54. The Balaban J connectivity index is 1.46. The van der Waals surface area contributed by atoms with Gasteiger partial charge < -0.3 is 29.9 Å². The molecule has 2 aliphatic heterocycles. The summed E-state index contributed by atoms with van der Waals surface area (Å²) < 4.78 is 13.2. The molecule has 3 aliphatic carbocycles. The summed E-state index contributed by atoms with van der Waals surface area (Å²) in [6, 6.07) is 0. The minimum absolute atomic E-state index is 0.00801. The van der Waals surface area contributed by atoms with Gasteiger partial charge in [0.1, 0.15) is 11.2 Å². The van der Waals surface area contributed by atoms with Crippen molar-refractivity contribution in [2.24, 2.45) is 28.6 Å². The Bertz CT molecular complexity index is 881. The summed E-state index contributed by atoms with van der Waals surface area (Å²) in [4.78, 5) is 0. The Hall–Kier alpha value is -0.240. The summed E-state index contributed by atoms with van der Waals surface area (Å²) in [5, 5.41) is 45.1. The molecule has 0 spiro atoms. The molecular formula is C30H52O6. The van der Waals surface area contributed by atoms with Crippen LogP contribution in [0, 0.1) is 28.6 Å². The van der Waals surface area contributed by atoms with E-state index in [0.29, 0.717) is 19.3 Å². The third-order valence-electron chi connectivity index (χ3n) is 12.7. The number of epoxide rings is 1. The number of ether oxygens (including phenoxy) is 2. The van der Waals surface area contributed by atoms with Crippen molar-refractivity contribution in [1.82, 2.24) is 0 Å². The molecule has 6 nitrogen and oxygen atoms in total. The van der Waals surface area contributed by atoms with E-state index < -0.39 is 40.2 Å². The Morgan fingerprint density at radius 1 is 0.750 bits per heavy atom. The summed E-state index contributed by atoms with van der Waals surface area (Å²) in [5.74, 6) is 0.330. The van der Waals surface area contributed by atoms with Crippen LogP contribution in [0.1, 0.15) is 113 Å². The fourth-order valence-electron chi connectivity index (χ4n) is 10.0. The molecule has 0 aromatic rings. The maximum absolute atomic E-state index is 11.7. The molecule has 0 bridgehead atoms. The zero-order valence-electron chi connectivity index (χ0n) is 23.9. The van der Waals surface area contributed by atoms with Crippen molar-refractivity contribution >= 4 is 0 Å². The lowest BCUT2D eigenvalue weighted by atomic mass is 9.54. The van der Waals surface area contributed by atoms with Gasteiger partial charge in [0.15, 0.2) is 0 Å². The Labute approximate surface area is 218 Å². The molecule has 2 heterocycles. The number of aliphatic hydroxyl groups is 4. The molecule has 5 aliphatic rings. The minimum Gasteiger partial charge on any atom is -0.390 e. The summed E-state index contributed by atoms with van der Waals surface area (Å²) in [6.45, 7) is 16.8. The van der Waals surface area contributed by atoms with E-state index in [-0.39, 0.29) is 34.7 Å². The predicted octanol–water partition coefficient (Wildman–Crippen LogP) is 4.35. The summed E-state index contributed by atoms with van der Waals surface area (Å²) in [6.07, 6.45) is 5.59. The second-order valence-corrected chi connectivity index (χ2v) is 15.4. The highest BCUT2D eigenvalue weighted by molar-refractivity contribution is 5.28. The van der Waals surface area contributed by atoms with E-state index in [1.54, 1.807) is 0 Å². The Kier molecular flexibility index (Phi) is 6.01. The van der Waals surface area contributed by atoms with Gasteiger partial charge in [0, 0.05) is 0 Å². The van der Waals surface area contributed by atoms with E-state index in [9.17, 15) is 20.4 Å². The quantitative estimate of drug-likeness (QED) is 0.423. The average Bonchev–Trinajstić information content (AvgIpc) is 3.31. The second kappa shape index (κ2) is 7.91. The molecule has 3 saturated carbocycles. The molecular weight excluding hydrogens is 456 g/mol. The fraction of sp³-hybridized carbons (Fsp3) is 1.00. The zero-order valence-corrected chi connectivity index (χ0v) is 23.9. The second-order valence-electron chi connectivity index (χ2n) is 15.4. The average molecular weight is 509 g/mol. The van der Waals surface area contributed by atoms with E-state index >= 15 is 0 Å². The lowest BCUT2D eigenvalue weighted by Crippen LogP contribution is -2.57. The van der Waals surface area contributed by atoms with Crippen LogP contribution < -0.4 is 0 Å². The monoisotopic (exact) mass is 508 g/mol. The zero-order chi connectivity index (χ0) is 26.7. The Morgan fingerprint density at radius 2 is 1.39 bits per heavy atom. The minimum atomic E-state index is -0.830. The van der Waals surface area contributed by atoms with Gasteiger partial charge in [0.25, 0.3) is 0 Å². The number of rotatable bonds is 3. The van der Waals surface area contributed by atoms with Crippen LogP contribution >= 0.6 is 0 Å². The van der Waals surface area contributed by atoms with Crippen molar-refractivity contribution in [2.45, 2.75) is 159 Å². The smallest absolute Gasteiger partial charge is 0.121 e. The molecule has 2 saturated heterocycles. The highest BCUT2D eigenvalue weighted by Crippen LogP contribution is 2.71. The van der Waals surface area contributed by atoms with E-state index in [1.807, 2.05) is 27.7 Å². The third kappa shape index (κ3) is 3.57. The van der Waals surface area contributed by atoms with Gasteiger partial charge in [-0.2, -0.15) is 0 Å². The van der Waals surface area contributed by atoms with Crippen molar-refractivity contribution in [3.8, 4) is 0 Å². The summed E-state index contributed by atoms with van der Waals surface area (Å²) >= 11 is 0. The van der Waals surface area contributed by atoms with Gasteiger partial charge in [0.2, 0.25) is 0 Å². The van der Waals surface area contributed by atoms with E-state index in [1.165, 1.54) is 0 Å². The molecule has 5 rings (SSSR count). The first-order valence-electron chi connectivity index (χ1n) is 14.5. The normalized spacial score (nSPS) is 57.7. The third-order valence-corrected chi connectivity index (χ3v) is 12.7. The van der Waals surface area contributed by atoms with Gasteiger partial charge in [-0.15, -0.1) is 0 Å². The van der Waals surface area contributed by atoms with Gasteiger partial charge in [-0.3, -0.25) is 0 Å². The van der Waals surface area contributed by atoms with Crippen LogP contribution in [0.15, 0.2) is 0 Å². The molecule has 5 fully saturated rings. The summed E-state index contributed by atoms with van der Waals surface area (Å²) in [5.41, 5.74) is -3.80. The fourth-order valence-corrected chi connectivity index (χ4v) is 10.0. The van der Waals surface area contributed by atoms with Crippen molar-refractivity contribution in [3.63, 3.8) is 0 Å². The molecule has 0 aromatic carbocycles. The molecule has 0 aromatic heterocycles. The largest absolute Gasteiger partial charge is 0.390 e. The maximum Gasteiger partial charge on any atom is 0.121 e. The van der Waals surface area contributed by atoms with Gasteiger partial charge in [0.05, 0.1) is 35.1 Å². The molecule has 0 radical (unpaired) electrons. The van der Waals surface area contributed by atoms with Gasteiger partial charge in [-0.25, -0.2) is 0 Å². The first kappa shape index (κ1) is 27.3. The molecule has 36 heavy (non-hydrogen) atoms. The number of aliphatic hydroxyl groups excluding tert-OH is 2. The van der Waals surface area contributed by atoms with Crippen molar-refractivity contribution in [1.29, 1.82) is 0 Å². The molecule has 208 valence electrons. The van der Waals surface area contributed by atoms with E-state index in [4.69, 9.17) is 9.47 Å². The van der Waals surface area contributed by atoms with Crippen LogP contribution in [0.25, 0.3) is 0 Å². The molecule has 11 unspecified atom stereocenters. The van der Waals surface area contributed by atoms with Crippen molar-refractivity contribution in [2.75, 3.05) is 0 Å². The number of fused-ring (bicyclic) bond motifs is 3. The van der Waals surface area contributed by atoms with Crippen LogP contribution in [-0.4, -0.2) is 66.7 Å². The maximum atomic E-state index is 11.7. The Morgan fingerprint density at radius 3 is 2.06 bits per heavy atom. The molecule has 0 amide bonds. The highest BCUT2D eigenvalue weighted by atomic mass is 16.6. The van der Waals surface area contributed by atoms with Crippen LogP contribution in [0.2, 0.25) is 0 Å². The molecule has 11 atom stereocenters. The summed E-state index contributed by atoms with van der Waals surface area (Å²) in [7, 11) is 0.